The highest BCUT2D eigenvalue weighted by molar-refractivity contribution is 7.80. The molecule has 3 amide bonds. The second-order valence-corrected chi connectivity index (χ2v) is 6.49. The van der Waals surface area contributed by atoms with E-state index in [9.17, 15) is 24.3 Å². The van der Waals surface area contributed by atoms with Crippen LogP contribution < -0.4 is 22.1 Å². The number of hydrogen-bond donors (Lipinski definition) is 7. The molecule has 0 saturated carbocycles. The molecule has 0 fully saturated rings. The summed E-state index contributed by atoms with van der Waals surface area (Å²) in [6, 6.07) is 2.74. The minimum absolute atomic E-state index is 0.0814. The molecule has 0 aliphatic carbocycles. The van der Waals surface area contributed by atoms with Crippen LogP contribution in [-0.4, -0.2) is 57.8 Å². The minimum Gasteiger partial charge on any atom is -0.508 e. The number of hydrogen-bond acceptors (Lipinski definition) is 7. The highest BCUT2D eigenvalue weighted by Gasteiger charge is 2.27. The van der Waals surface area contributed by atoms with Gasteiger partial charge in [0.2, 0.25) is 17.7 Å². The number of amides is 3. The first-order chi connectivity index (χ1) is 13.1. The Morgan fingerprint density at radius 2 is 1.61 bits per heavy atom. The van der Waals surface area contributed by atoms with E-state index >= 15 is 0 Å². The third-order valence-corrected chi connectivity index (χ3v) is 4.20. The molecule has 0 saturated heterocycles. The van der Waals surface area contributed by atoms with Gasteiger partial charge in [-0.3, -0.25) is 14.4 Å². The van der Waals surface area contributed by atoms with Crippen molar-refractivity contribution >= 4 is 36.3 Å². The third kappa shape index (κ3) is 7.84. The van der Waals surface area contributed by atoms with Crippen molar-refractivity contribution in [3.63, 3.8) is 0 Å². The number of aliphatic carboxylic acids is 1. The molecule has 1 rings (SSSR count). The largest absolute Gasteiger partial charge is 0.508 e. The molecule has 3 unspecified atom stereocenters. The van der Waals surface area contributed by atoms with Gasteiger partial charge in [-0.2, -0.15) is 12.6 Å². The Morgan fingerprint density at radius 3 is 2.11 bits per heavy atom. The number of carboxylic acids is 1. The average Bonchev–Trinajstić information content (AvgIpc) is 2.63. The number of phenolic OH excluding ortho intramolecular Hbond substituents is 1. The zero-order valence-corrected chi connectivity index (χ0v) is 15.9. The van der Waals surface area contributed by atoms with Crippen molar-refractivity contribution in [2.75, 3.05) is 5.75 Å². The number of carbonyl (C=O) groups excluding carboxylic acids is 3. The van der Waals surface area contributed by atoms with Gasteiger partial charge in [0.05, 0.1) is 6.04 Å². The van der Waals surface area contributed by atoms with Crippen LogP contribution in [0, 0.1) is 0 Å². The van der Waals surface area contributed by atoms with E-state index in [1.807, 2.05) is 0 Å². The first-order valence-electron chi connectivity index (χ1n) is 8.40. The van der Waals surface area contributed by atoms with Gasteiger partial charge < -0.3 is 32.3 Å². The second-order valence-electron chi connectivity index (χ2n) is 6.13. The van der Waals surface area contributed by atoms with E-state index in [-0.39, 0.29) is 30.8 Å². The van der Waals surface area contributed by atoms with Gasteiger partial charge in [0.15, 0.2) is 0 Å². The molecule has 0 spiro atoms. The van der Waals surface area contributed by atoms with E-state index in [0.717, 1.165) is 0 Å². The lowest BCUT2D eigenvalue weighted by Gasteiger charge is -2.21. The lowest BCUT2D eigenvalue weighted by atomic mass is 10.1. The van der Waals surface area contributed by atoms with Crippen LogP contribution in [0.25, 0.3) is 0 Å². The van der Waals surface area contributed by atoms with E-state index in [2.05, 4.69) is 23.3 Å². The van der Waals surface area contributed by atoms with Crippen LogP contribution in [-0.2, 0) is 25.6 Å². The molecule has 3 atom stereocenters. The van der Waals surface area contributed by atoms with Crippen LogP contribution in [0.3, 0.4) is 0 Å². The van der Waals surface area contributed by atoms with Crippen molar-refractivity contribution in [1.82, 2.24) is 10.6 Å². The number of nitrogens with two attached hydrogens (primary N) is 2. The van der Waals surface area contributed by atoms with E-state index in [4.69, 9.17) is 16.6 Å². The Bertz CT molecular complexity index is 712. The van der Waals surface area contributed by atoms with E-state index in [0.29, 0.717) is 5.56 Å². The van der Waals surface area contributed by atoms with Crippen molar-refractivity contribution in [1.29, 1.82) is 0 Å². The summed E-state index contributed by atoms with van der Waals surface area (Å²) in [5.74, 6) is -3.42. The summed E-state index contributed by atoms with van der Waals surface area (Å²) >= 11 is 4.00. The molecule has 0 aromatic heterocycles. The smallest absolute Gasteiger partial charge is 0.326 e. The van der Waals surface area contributed by atoms with Crippen molar-refractivity contribution < 1.29 is 29.4 Å². The van der Waals surface area contributed by atoms with Crippen molar-refractivity contribution in [2.45, 2.75) is 37.4 Å². The van der Waals surface area contributed by atoms with Gasteiger partial charge >= 0.3 is 5.97 Å². The van der Waals surface area contributed by atoms with Gasteiger partial charge in [-0.25, -0.2) is 4.79 Å². The molecule has 0 aliphatic rings. The summed E-state index contributed by atoms with van der Waals surface area (Å²) < 4.78 is 0. The lowest BCUT2D eigenvalue weighted by molar-refractivity contribution is -0.142. The fraction of sp³-hybridized carbons (Fsp3) is 0.412. The number of nitrogens with one attached hydrogen (secondary N) is 2. The number of carbonyl (C=O) groups is 4. The van der Waals surface area contributed by atoms with Crippen LogP contribution in [0.4, 0.5) is 0 Å². The summed E-state index contributed by atoms with van der Waals surface area (Å²) in [6.07, 6.45) is -0.222. The van der Waals surface area contributed by atoms with Crippen LogP contribution in [0.15, 0.2) is 24.3 Å². The monoisotopic (exact) mass is 412 g/mol. The maximum absolute atomic E-state index is 12.3. The SMILES string of the molecule is NC(=O)CCC(NC(=O)C(CS)NC(=O)C(N)Cc1ccc(O)cc1)C(=O)O. The second kappa shape index (κ2) is 11.1. The van der Waals surface area contributed by atoms with Crippen LogP contribution >= 0.6 is 12.6 Å². The van der Waals surface area contributed by atoms with Crippen LogP contribution in [0.1, 0.15) is 18.4 Å². The molecule has 28 heavy (non-hydrogen) atoms. The quantitative estimate of drug-likeness (QED) is 0.216. The topological polar surface area (TPSA) is 185 Å². The molecule has 1 aromatic carbocycles. The maximum atomic E-state index is 12.3. The molecule has 0 heterocycles. The predicted molar refractivity (Wildman–Crippen MR) is 104 cm³/mol. The summed E-state index contributed by atoms with van der Waals surface area (Å²) in [7, 11) is 0. The fourth-order valence-electron chi connectivity index (χ4n) is 2.27. The molecular formula is C17H24N4O6S. The van der Waals surface area contributed by atoms with Gasteiger partial charge in [0.1, 0.15) is 17.8 Å². The Kier molecular flexibility index (Phi) is 9.25. The number of thiol groups is 1. The zero-order valence-electron chi connectivity index (χ0n) is 15.0. The number of rotatable bonds is 11. The Morgan fingerprint density at radius 1 is 1.04 bits per heavy atom. The van der Waals surface area contributed by atoms with Gasteiger partial charge in [0, 0.05) is 12.2 Å². The van der Waals surface area contributed by atoms with Gasteiger partial charge in [-0.1, -0.05) is 12.1 Å². The van der Waals surface area contributed by atoms with Crippen molar-refractivity contribution in [2.24, 2.45) is 11.5 Å². The minimum atomic E-state index is -1.33. The van der Waals surface area contributed by atoms with E-state index < -0.39 is 41.8 Å². The zero-order chi connectivity index (χ0) is 21.3. The maximum Gasteiger partial charge on any atom is 0.326 e. The van der Waals surface area contributed by atoms with Gasteiger partial charge in [0.25, 0.3) is 0 Å². The lowest BCUT2D eigenvalue weighted by Crippen LogP contribution is -2.55. The molecule has 10 nitrogen and oxygen atoms in total. The number of aromatic hydroxyl groups is 1. The highest BCUT2D eigenvalue weighted by atomic mass is 32.1. The Hall–Kier alpha value is -2.79. The number of carboxylic acid groups (broad SMARTS) is 1. The van der Waals surface area contributed by atoms with E-state index in [1.165, 1.54) is 12.1 Å². The van der Waals surface area contributed by atoms with Crippen LogP contribution in [0.2, 0.25) is 0 Å². The van der Waals surface area contributed by atoms with E-state index in [1.54, 1.807) is 12.1 Å². The normalized spacial score (nSPS) is 13.8. The Balaban J connectivity index is 2.65. The molecule has 8 N–H and O–H groups in total. The highest BCUT2D eigenvalue weighted by Crippen LogP contribution is 2.11. The average molecular weight is 412 g/mol. The summed E-state index contributed by atoms with van der Waals surface area (Å²) in [6.45, 7) is 0. The first-order valence-corrected chi connectivity index (χ1v) is 9.03. The summed E-state index contributed by atoms with van der Waals surface area (Å²) in [4.78, 5) is 46.5. The molecule has 11 heteroatoms. The molecule has 0 radical (unpaired) electrons. The number of primary amides is 1. The molecule has 1 aromatic rings. The fourth-order valence-corrected chi connectivity index (χ4v) is 2.52. The first kappa shape index (κ1) is 23.2. The van der Waals surface area contributed by atoms with Crippen molar-refractivity contribution in [3.8, 4) is 5.75 Å². The van der Waals surface area contributed by atoms with Gasteiger partial charge in [-0.05, 0) is 30.5 Å². The predicted octanol–water partition coefficient (Wildman–Crippen LogP) is -1.49. The van der Waals surface area contributed by atoms with Crippen LogP contribution in [0.5, 0.6) is 5.75 Å². The number of phenols is 1. The summed E-state index contributed by atoms with van der Waals surface area (Å²) in [5.41, 5.74) is 11.5. The molecule has 154 valence electrons. The van der Waals surface area contributed by atoms with Gasteiger partial charge in [-0.15, -0.1) is 0 Å². The third-order valence-electron chi connectivity index (χ3n) is 3.84. The number of benzene rings is 1. The molecular weight excluding hydrogens is 388 g/mol. The standard InChI is InChI=1S/C17H24N4O6S/c18-11(7-9-1-3-10(22)4-2-9)15(24)21-13(8-28)16(25)20-12(17(26)27)5-6-14(19)23/h1-4,11-13,22,28H,5-8,18H2,(H2,19,23)(H,20,25)(H,21,24)(H,26,27). The Labute approximate surface area is 167 Å². The molecule has 0 bridgehead atoms. The van der Waals surface area contributed by atoms with Crippen molar-refractivity contribution in [3.05, 3.63) is 29.8 Å². The molecule has 0 aliphatic heterocycles. The summed E-state index contributed by atoms with van der Waals surface area (Å²) in [5, 5.41) is 23.1.